The van der Waals surface area contributed by atoms with Crippen molar-refractivity contribution in [3.8, 4) is 21.3 Å². The molecule has 0 spiro atoms. The van der Waals surface area contributed by atoms with Gasteiger partial charge in [0.15, 0.2) is 0 Å². The average molecular weight is 401 g/mol. The molecule has 1 aliphatic rings. The molecular formula is C18H24O6S2. The lowest BCUT2D eigenvalue weighted by atomic mass is 10.3. The van der Waals surface area contributed by atoms with Gasteiger partial charge in [-0.05, 0) is 22.9 Å². The van der Waals surface area contributed by atoms with Gasteiger partial charge in [-0.1, -0.05) is 0 Å². The summed E-state index contributed by atoms with van der Waals surface area (Å²) in [5, 5.41) is 4.06. The Balaban J connectivity index is 1.59. The van der Waals surface area contributed by atoms with E-state index >= 15 is 0 Å². The minimum absolute atomic E-state index is 0.502. The van der Waals surface area contributed by atoms with Crippen LogP contribution in [0.4, 0.5) is 0 Å². The highest BCUT2D eigenvalue weighted by Crippen LogP contribution is 2.44. The maximum Gasteiger partial charge on any atom is 0.138 e. The summed E-state index contributed by atoms with van der Waals surface area (Å²) < 4.78 is 33.7. The highest BCUT2D eigenvalue weighted by atomic mass is 32.1. The van der Waals surface area contributed by atoms with E-state index in [9.17, 15) is 0 Å². The van der Waals surface area contributed by atoms with E-state index in [2.05, 4.69) is 0 Å². The molecule has 144 valence electrons. The fourth-order valence-electron chi connectivity index (χ4n) is 2.34. The van der Waals surface area contributed by atoms with Gasteiger partial charge < -0.3 is 28.4 Å². The van der Waals surface area contributed by atoms with Crippen LogP contribution < -0.4 is 9.47 Å². The van der Waals surface area contributed by atoms with Crippen molar-refractivity contribution in [1.82, 2.24) is 0 Å². The number of rotatable bonds is 0. The van der Waals surface area contributed by atoms with Gasteiger partial charge in [0.2, 0.25) is 0 Å². The van der Waals surface area contributed by atoms with Crippen molar-refractivity contribution in [3.63, 3.8) is 0 Å². The second-order valence-electron chi connectivity index (χ2n) is 5.37. The third-order valence-electron chi connectivity index (χ3n) is 3.55. The summed E-state index contributed by atoms with van der Waals surface area (Å²) in [4.78, 5) is 2.17. The van der Waals surface area contributed by atoms with E-state index in [-0.39, 0.29) is 0 Å². The lowest BCUT2D eigenvalue weighted by Gasteiger charge is -2.11. The molecule has 2 aromatic rings. The summed E-state index contributed by atoms with van der Waals surface area (Å²) >= 11 is 3.30. The summed E-state index contributed by atoms with van der Waals surface area (Å²) in [5.41, 5.74) is 0. The van der Waals surface area contributed by atoms with Crippen LogP contribution >= 0.6 is 22.7 Å². The SMILES string of the molecule is c1cc2c(s1)-c1sccc1OCCOCCOCCOCCOCCO2. The van der Waals surface area contributed by atoms with Crippen LogP contribution in [-0.4, -0.2) is 66.1 Å². The Kier molecular flexibility index (Phi) is 8.69. The maximum absolute atomic E-state index is 5.89. The van der Waals surface area contributed by atoms with Gasteiger partial charge >= 0.3 is 0 Å². The van der Waals surface area contributed by atoms with Crippen LogP contribution in [0.15, 0.2) is 22.9 Å². The first kappa shape index (κ1) is 19.6. The normalized spacial score (nSPS) is 18.8. The standard InChI is InChI=1S/C18H24O6S2/c1-13-25-17-15(1)23-11-9-21-7-5-19-3-4-20-6-8-22-10-12-24-16-2-14-26-18(16)17/h1-2,13-14H,3-12H2. The Hall–Kier alpha value is -1.16. The fourth-order valence-corrected chi connectivity index (χ4v) is 4.18. The number of hydrogen-bond donors (Lipinski definition) is 0. The molecule has 0 saturated heterocycles. The molecule has 6 nitrogen and oxygen atoms in total. The molecule has 0 saturated carbocycles. The van der Waals surface area contributed by atoms with Crippen LogP contribution in [0, 0.1) is 0 Å². The third kappa shape index (κ3) is 6.22. The van der Waals surface area contributed by atoms with Crippen LogP contribution in [0.3, 0.4) is 0 Å². The minimum Gasteiger partial charge on any atom is -0.490 e. The van der Waals surface area contributed by atoms with Crippen molar-refractivity contribution in [2.24, 2.45) is 0 Å². The smallest absolute Gasteiger partial charge is 0.138 e. The zero-order chi connectivity index (χ0) is 17.9. The van der Waals surface area contributed by atoms with Crippen molar-refractivity contribution in [1.29, 1.82) is 0 Å². The highest BCUT2D eigenvalue weighted by molar-refractivity contribution is 7.21. The molecule has 2 aromatic heterocycles. The highest BCUT2D eigenvalue weighted by Gasteiger charge is 2.15. The predicted molar refractivity (Wildman–Crippen MR) is 102 cm³/mol. The van der Waals surface area contributed by atoms with Crippen molar-refractivity contribution >= 4 is 22.7 Å². The number of ether oxygens (including phenoxy) is 6. The second kappa shape index (κ2) is 11.5. The lowest BCUT2D eigenvalue weighted by Crippen LogP contribution is -2.15. The molecule has 26 heavy (non-hydrogen) atoms. The van der Waals surface area contributed by atoms with E-state index < -0.39 is 0 Å². The van der Waals surface area contributed by atoms with Crippen molar-refractivity contribution < 1.29 is 28.4 Å². The van der Waals surface area contributed by atoms with Crippen LogP contribution in [-0.2, 0) is 18.9 Å². The Morgan fingerprint density at radius 3 is 1.23 bits per heavy atom. The average Bonchev–Trinajstić information content (AvgIpc) is 3.29. The van der Waals surface area contributed by atoms with Gasteiger partial charge in [0.05, 0.1) is 62.6 Å². The molecule has 3 rings (SSSR count). The summed E-state index contributed by atoms with van der Waals surface area (Å²) in [7, 11) is 0. The van der Waals surface area contributed by atoms with Crippen molar-refractivity contribution in [2.45, 2.75) is 0 Å². The van der Waals surface area contributed by atoms with Gasteiger partial charge in [-0.3, -0.25) is 0 Å². The Labute approximate surface area is 161 Å². The maximum atomic E-state index is 5.89. The van der Waals surface area contributed by atoms with Gasteiger partial charge in [0.1, 0.15) is 24.7 Å². The van der Waals surface area contributed by atoms with Gasteiger partial charge in [-0.15, -0.1) is 22.7 Å². The summed E-state index contributed by atoms with van der Waals surface area (Å²) in [6.07, 6.45) is 0. The number of fused-ring (bicyclic) bond motifs is 3. The molecule has 1 aliphatic heterocycles. The van der Waals surface area contributed by atoms with Crippen LogP contribution in [0.2, 0.25) is 0 Å². The molecule has 0 amide bonds. The van der Waals surface area contributed by atoms with E-state index in [0.29, 0.717) is 66.1 Å². The molecule has 0 aliphatic carbocycles. The molecule has 3 heterocycles. The molecular weight excluding hydrogens is 376 g/mol. The van der Waals surface area contributed by atoms with Gasteiger partial charge in [-0.25, -0.2) is 0 Å². The first-order valence-corrected chi connectivity index (χ1v) is 10.4. The Morgan fingerprint density at radius 2 is 0.846 bits per heavy atom. The second-order valence-corrected chi connectivity index (χ2v) is 7.21. The van der Waals surface area contributed by atoms with E-state index in [1.165, 1.54) is 0 Å². The zero-order valence-electron chi connectivity index (χ0n) is 14.6. The zero-order valence-corrected chi connectivity index (χ0v) is 16.3. The Morgan fingerprint density at radius 1 is 0.500 bits per heavy atom. The summed E-state index contributed by atoms with van der Waals surface area (Å²) in [5.74, 6) is 1.73. The van der Waals surface area contributed by atoms with E-state index in [0.717, 1.165) is 21.3 Å². The van der Waals surface area contributed by atoms with Crippen LogP contribution in [0.25, 0.3) is 9.75 Å². The van der Waals surface area contributed by atoms with E-state index in [1.807, 2.05) is 22.9 Å². The number of hydrogen-bond acceptors (Lipinski definition) is 8. The molecule has 8 heteroatoms. The predicted octanol–water partition coefficient (Wildman–Crippen LogP) is 3.31. The molecule has 0 aromatic carbocycles. The van der Waals surface area contributed by atoms with Crippen molar-refractivity contribution in [3.05, 3.63) is 22.9 Å². The van der Waals surface area contributed by atoms with Crippen molar-refractivity contribution in [2.75, 3.05) is 66.1 Å². The van der Waals surface area contributed by atoms with Gasteiger partial charge in [0, 0.05) is 0 Å². The fraction of sp³-hybridized carbons (Fsp3) is 0.556. The largest absolute Gasteiger partial charge is 0.490 e. The third-order valence-corrected chi connectivity index (χ3v) is 5.51. The molecule has 0 unspecified atom stereocenters. The van der Waals surface area contributed by atoms with Gasteiger partial charge in [-0.2, -0.15) is 0 Å². The Bertz CT molecular complexity index is 572. The van der Waals surface area contributed by atoms with Gasteiger partial charge in [0.25, 0.3) is 0 Å². The monoisotopic (exact) mass is 400 g/mol. The van der Waals surface area contributed by atoms with Crippen LogP contribution in [0.1, 0.15) is 0 Å². The summed E-state index contributed by atoms with van der Waals surface area (Å²) in [6, 6.07) is 3.98. The molecule has 0 fully saturated rings. The number of thiophene rings is 2. The molecule has 0 N–H and O–H groups in total. The first-order chi connectivity index (χ1) is 12.9. The molecule has 0 atom stereocenters. The molecule has 0 bridgehead atoms. The topological polar surface area (TPSA) is 55.4 Å². The van der Waals surface area contributed by atoms with E-state index in [4.69, 9.17) is 28.4 Å². The van der Waals surface area contributed by atoms with E-state index in [1.54, 1.807) is 22.7 Å². The quantitative estimate of drug-likeness (QED) is 0.676. The minimum atomic E-state index is 0.502. The lowest BCUT2D eigenvalue weighted by molar-refractivity contribution is -0.00702. The molecule has 0 radical (unpaired) electrons. The van der Waals surface area contributed by atoms with Crippen LogP contribution in [0.5, 0.6) is 11.5 Å². The first-order valence-electron chi connectivity index (χ1n) is 8.67. The summed E-state index contributed by atoms with van der Waals surface area (Å²) in [6.45, 7) is 5.38.